The standard InChI is InChI=1S/C11H9Cl2N3O4S/c1-5-8(21(14,18)19)4-6(12)10(9(5)13)15-11(17)7-2-3-20-16-7/h2-4H,1H3,(H,15,17)(H2,14,18,19). The van der Waals surface area contributed by atoms with Crippen LogP contribution in [0.2, 0.25) is 10.0 Å². The maximum Gasteiger partial charge on any atom is 0.277 e. The molecule has 0 saturated carbocycles. The molecule has 10 heteroatoms. The van der Waals surface area contributed by atoms with Gasteiger partial charge in [-0.3, -0.25) is 4.79 Å². The monoisotopic (exact) mass is 349 g/mol. The Morgan fingerprint density at radius 1 is 1.43 bits per heavy atom. The average molecular weight is 350 g/mol. The summed E-state index contributed by atoms with van der Waals surface area (Å²) in [6.07, 6.45) is 1.23. The SMILES string of the molecule is Cc1c(S(N)(=O)=O)cc(Cl)c(NC(=O)c2ccon2)c1Cl. The van der Waals surface area contributed by atoms with Gasteiger partial charge < -0.3 is 9.84 Å². The van der Waals surface area contributed by atoms with Crippen molar-refractivity contribution < 1.29 is 17.7 Å². The molecule has 21 heavy (non-hydrogen) atoms. The quantitative estimate of drug-likeness (QED) is 0.880. The van der Waals surface area contributed by atoms with E-state index in [1.54, 1.807) is 0 Å². The average Bonchev–Trinajstić information content (AvgIpc) is 2.91. The van der Waals surface area contributed by atoms with E-state index in [1.165, 1.54) is 19.3 Å². The number of hydrogen-bond acceptors (Lipinski definition) is 5. The van der Waals surface area contributed by atoms with Gasteiger partial charge in [0.15, 0.2) is 5.69 Å². The number of nitrogens with two attached hydrogens (primary N) is 1. The highest BCUT2D eigenvalue weighted by atomic mass is 35.5. The molecule has 0 bridgehead atoms. The van der Waals surface area contributed by atoms with Gasteiger partial charge in [-0.1, -0.05) is 28.4 Å². The number of rotatable bonds is 3. The predicted molar refractivity (Wildman–Crippen MR) is 77.0 cm³/mol. The highest BCUT2D eigenvalue weighted by Crippen LogP contribution is 2.37. The molecule has 0 aliphatic rings. The highest BCUT2D eigenvalue weighted by molar-refractivity contribution is 7.89. The van der Waals surface area contributed by atoms with Gasteiger partial charge in [0, 0.05) is 6.07 Å². The summed E-state index contributed by atoms with van der Waals surface area (Å²) in [6, 6.07) is 2.47. The maximum atomic E-state index is 11.9. The van der Waals surface area contributed by atoms with Gasteiger partial charge in [-0.15, -0.1) is 0 Å². The van der Waals surface area contributed by atoms with Crippen molar-refractivity contribution in [3.63, 3.8) is 0 Å². The minimum absolute atomic E-state index is 0.0234. The van der Waals surface area contributed by atoms with Crippen LogP contribution < -0.4 is 10.5 Å². The van der Waals surface area contributed by atoms with Crippen LogP contribution in [-0.2, 0) is 10.0 Å². The Balaban J connectivity index is 2.47. The van der Waals surface area contributed by atoms with E-state index in [4.69, 9.17) is 28.3 Å². The molecule has 0 atom stereocenters. The maximum absolute atomic E-state index is 11.9. The van der Waals surface area contributed by atoms with Gasteiger partial charge in [0.1, 0.15) is 6.26 Å². The fraction of sp³-hybridized carbons (Fsp3) is 0.0909. The first kappa shape index (κ1) is 15.8. The van der Waals surface area contributed by atoms with Crippen LogP contribution in [0.3, 0.4) is 0 Å². The van der Waals surface area contributed by atoms with E-state index in [2.05, 4.69) is 15.0 Å². The van der Waals surface area contributed by atoms with Crippen LogP contribution >= 0.6 is 23.2 Å². The molecule has 1 heterocycles. The van der Waals surface area contributed by atoms with Crippen molar-refractivity contribution in [3.8, 4) is 0 Å². The lowest BCUT2D eigenvalue weighted by Crippen LogP contribution is -2.16. The van der Waals surface area contributed by atoms with Crippen molar-refractivity contribution in [2.24, 2.45) is 5.14 Å². The largest absolute Gasteiger partial charge is 0.364 e. The van der Waals surface area contributed by atoms with Gasteiger partial charge in [0.2, 0.25) is 10.0 Å². The van der Waals surface area contributed by atoms with Crippen molar-refractivity contribution in [1.82, 2.24) is 5.16 Å². The summed E-state index contributed by atoms with van der Waals surface area (Å²) in [5, 5.41) is 10.9. The number of halogens is 2. The second-order valence-electron chi connectivity index (χ2n) is 4.05. The topological polar surface area (TPSA) is 115 Å². The molecule has 0 fully saturated rings. The Labute approximate surface area is 130 Å². The van der Waals surface area contributed by atoms with Crippen LogP contribution in [0.5, 0.6) is 0 Å². The Morgan fingerprint density at radius 2 is 2.10 bits per heavy atom. The molecular weight excluding hydrogens is 341 g/mol. The van der Waals surface area contributed by atoms with Gasteiger partial charge in [0.05, 0.1) is 20.6 Å². The lowest BCUT2D eigenvalue weighted by atomic mass is 10.2. The first-order chi connectivity index (χ1) is 9.71. The van der Waals surface area contributed by atoms with Gasteiger partial charge in [0.25, 0.3) is 5.91 Å². The summed E-state index contributed by atoms with van der Waals surface area (Å²) in [7, 11) is -3.98. The number of primary sulfonamides is 1. The number of sulfonamides is 1. The van der Waals surface area contributed by atoms with E-state index in [0.29, 0.717) is 0 Å². The number of benzene rings is 1. The zero-order chi connectivity index (χ0) is 15.8. The molecule has 1 aromatic carbocycles. The van der Waals surface area contributed by atoms with Crippen LogP contribution in [0.4, 0.5) is 5.69 Å². The summed E-state index contributed by atoms with van der Waals surface area (Å²) in [4.78, 5) is 11.7. The van der Waals surface area contributed by atoms with E-state index in [9.17, 15) is 13.2 Å². The molecule has 3 N–H and O–H groups in total. The zero-order valence-electron chi connectivity index (χ0n) is 10.6. The fourth-order valence-corrected chi connectivity index (χ4v) is 3.10. The lowest BCUT2D eigenvalue weighted by Gasteiger charge is -2.13. The van der Waals surface area contributed by atoms with Crippen molar-refractivity contribution in [3.05, 3.63) is 39.7 Å². The molecular formula is C11H9Cl2N3O4S. The third kappa shape index (κ3) is 3.18. The van der Waals surface area contributed by atoms with Gasteiger partial charge in [-0.2, -0.15) is 0 Å². The molecule has 112 valence electrons. The molecule has 1 aromatic heterocycles. The Hall–Kier alpha value is -1.61. The number of amides is 1. The van der Waals surface area contributed by atoms with Crippen LogP contribution in [0.15, 0.2) is 27.8 Å². The number of nitrogens with zero attached hydrogens (tertiary/aromatic N) is 1. The van der Waals surface area contributed by atoms with E-state index < -0.39 is 15.9 Å². The number of hydrogen-bond donors (Lipinski definition) is 2. The summed E-state index contributed by atoms with van der Waals surface area (Å²) in [5.74, 6) is -0.602. The second-order valence-corrected chi connectivity index (χ2v) is 6.37. The number of aromatic nitrogens is 1. The Bertz CT molecular complexity index is 803. The van der Waals surface area contributed by atoms with Gasteiger partial charge in [-0.25, -0.2) is 13.6 Å². The van der Waals surface area contributed by atoms with Crippen LogP contribution in [0.1, 0.15) is 16.1 Å². The van der Waals surface area contributed by atoms with E-state index in [0.717, 1.165) is 6.07 Å². The summed E-state index contributed by atoms with van der Waals surface area (Å²) in [6.45, 7) is 1.45. The fourth-order valence-electron chi connectivity index (χ4n) is 1.61. The highest BCUT2D eigenvalue weighted by Gasteiger charge is 2.21. The zero-order valence-corrected chi connectivity index (χ0v) is 12.9. The predicted octanol–water partition coefficient (Wildman–Crippen LogP) is 2.19. The van der Waals surface area contributed by atoms with Crippen LogP contribution in [0, 0.1) is 6.92 Å². The first-order valence-electron chi connectivity index (χ1n) is 5.45. The molecule has 0 aliphatic carbocycles. The third-order valence-electron chi connectivity index (χ3n) is 2.63. The smallest absolute Gasteiger partial charge is 0.277 e. The number of carbonyl (C=O) groups is 1. The van der Waals surface area contributed by atoms with E-state index in [1.807, 2.05) is 0 Å². The van der Waals surface area contributed by atoms with Crippen molar-refractivity contribution >= 4 is 44.8 Å². The third-order valence-corrected chi connectivity index (χ3v) is 4.44. The van der Waals surface area contributed by atoms with Gasteiger partial charge >= 0.3 is 0 Å². The number of nitrogens with one attached hydrogen (secondary N) is 1. The minimum Gasteiger partial charge on any atom is -0.364 e. The summed E-state index contributed by atoms with van der Waals surface area (Å²) < 4.78 is 27.4. The van der Waals surface area contributed by atoms with E-state index >= 15 is 0 Å². The molecule has 1 amide bonds. The van der Waals surface area contributed by atoms with Crippen molar-refractivity contribution in [1.29, 1.82) is 0 Å². The van der Waals surface area contributed by atoms with E-state index in [-0.39, 0.29) is 31.9 Å². The Morgan fingerprint density at radius 3 is 2.62 bits per heavy atom. The van der Waals surface area contributed by atoms with Crippen molar-refractivity contribution in [2.75, 3.05) is 5.32 Å². The van der Waals surface area contributed by atoms with Crippen LogP contribution in [-0.4, -0.2) is 19.5 Å². The Kier molecular flexibility index (Phi) is 4.24. The number of carbonyl (C=O) groups excluding carboxylic acids is 1. The molecule has 0 saturated heterocycles. The minimum atomic E-state index is -3.98. The normalized spacial score (nSPS) is 11.4. The molecule has 2 rings (SSSR count). The molecule has 0 radical (unpaired) electrons. The second kappa shape index (κ2) is 5.64. The lowest BCUT2D eigenvalue weighted by molar-refractivity contribution is 0.101. The summed E-state index contributed by atoms with van der Waals surface area (Å²) >= 11 is 12.0. The van der Waals surface area contributed by atoms with Crippen LogP contribution in [0.25, 0.3) is 0 Å². The first-order valence-corrected chi connectivity index (χ1v) is 7.75. The molecule has 0 aliphatic heterocycles. The van der Waals surface area contributed by atoms with Crippen molar-refractivity contribution in [2.45, 2.75) is 11.8 Å². The molecule has 7 nitrogen and oxygen atoms in total. The molecule has 2 aromatic rings. The summed E-state index contributed by atoms with van der Waals surface area (Å²) in [5.41, 5.74) is 0.269. The number of anilines is 1. The molecule has 0 spiro atoms. The van der Waals surface area contributed by atoms with Gasteiger partial charge in [-0.05, 0) is 18.6 Å². The molecule has 0 unspecified atom stereocenters.